The molecule has 16 heavy (non-hydrogen) atoms. The van der Waals surface area contributed by atoms with Crippen molar-refractivity contribution in [2.24, 2.45) is 0 Å². The van der Waals surface area contributed by atoms with Crippen molar-refractivity contribution >= 4 is 11.0 Å². The molecule has 0 saturated heterocycles. The van der Waals surface area contributed by atoms with Gasteiger partial charge in [0.2, 0.25) is 0 Å². The van der Waals surface area contributed by atoms with Crippen LogP contribution in [-0.2, 0) is 6.42 Å². The normalized spacial score (nSPS) is 11.2. The second kappa shape index (κ2) is 4.57. The molecule has 0 spiro atoms. The topological polar surface area (TPSA) is 40.7 Å². The Bertz CT molecular complexity index is 454. The number of imidazole rings is 1. The summed E-state index contributed by atoms with van der Waals surface area (Å²) in [6.07, 6.45) is 0.714. The summed E-state index contributed by atoms with van der Waals surface area (Å²) in [7, 11) is 0. The Labute approximate surface area is 91.9 Å². The predicted molar refractivity (Wildman–Crippen MR) is 58.3 cm³/mol. The standard InChI is InChI=1S/C11H13F2N3/c1-2-14-4-3-11-15-9-5-7(12)8(13)6-10(9)16-11/h5-6,14H,2-4H2,1H3,(H,15,16). The molecule has 0 atom stereocenters. The van der Waals surface area contributed by atoms with Crippen LogP contribution < -0.4 is 5.32 Å². The van der Waals surface area contributed by atoms with E-state index in [1.54, 1.807) is 0 Å². The van der Waals surface area contributed by atoms with Gasteiger partial charge in [0.15, 0.2) is 11.6 Å². The molecule has 3 nitrogen and oxygen atoms in total. The van der Waals surface area contributed by atoms with Crippen molar-refractivity contribution in [2.45, 2.75) is 13.3 Å². The number of fused-ring (bicyclic) bond motifs is 1. The highest BCUT2D eigenvalue weighted by atomic mass is 19.2. The maximum absolute atomic E-state index is 12.9. The van der Waals surface area contributed by atoms with Crippen molar-refractivity contribution in [3.8, 4) is 0 Å². The lowest BCUT2D eigenvalue weighted by Gasteiger charge is -1.96. The van der Waals surface area contributed by atoms with E-state index in [2.05, 4.69) is 15.3 Å². The average Bonchev–Trinajstić information content (AvgIpc) is 2.61. The number of likely N-dealkylation sites (N-methyl/N-ethyl adjacent to an activating group) is 1. The first kappa shape index (κ1) is 11.0. The minimum atomic E-state index is -0.864. The van der Waals surface area contributed by atoms with Gasteiger partial charge in [0.05, 0.1) is 11.0 Å². The van der Waals surface area contributed by atoms with Crippen LogP contribution in [0.25, 0.3) is 11.0 Å². The van der Waals surface area contributed by atoms with Gasteiger partial charge in [-0.25, -0.2) is 13.8 Å². The van der Waals surface area contributed by atoms with Gasteiger partial charge in [-0.05, 0) is 6.54 Å². The van der Waals surface area contributed by atoms with Crippen LogP contribution in [0.5, 0.6) is 0 Å². The Hall–Kier alpha value is -1.49. The molecule has 2 rings (SSSR count). The third-order valence-electron chi connectivity index (χ3n) is 2.36. The van der Waals surface area contributed by atoms with Gasteiger partial charge in [-0.2, -0.15) is 0 Å². The zero-order valence-electron chi connectivity index (χ0n) is 8.98. The molecule has 1 aromatic carbocycles. The summed E-state index contributed by atoms with van der Waals surface area (Å²) in [4.78, 5) is 7.15. The van der Waals surface area contributed by atoms with Crippen molar-refractivity contribution in [1.29, 1.82) is 0 Å². The monoisotopic (exact) mass is 225 g/mol. The number of hydrogen-bond acceptors (Lipinski definition) is 2. The molecule has 5 heteroatoms. The van der Waals surface area contributed by atoms with E-state index in [1.165, 1.54) is 0 Å². The largest absolute Gasteiger partial charge is 0.342 e. The number of aromatic nitrogens is 2. The van der Waals surface area contributed by atoms with Gasteiger partial charge in [0.1, 0.15) is 5.82 Å². The van der Waals surface area contributed by atoms with Crippen LogP contribution in [-0.4, -0.2) is 23.1 Å². The van der Waals surface area contributed by atoms with Crippen molar-refractivity contribution in [1.82, 2.24) is 15.3 Å². The van der Waals surface area contributed by atoms with Crippen LogP contribution in [0, 0.1) is 11.6 Å². The van der Waals surface area contributed by atoms with E-state index >= 15 is 0 Å². The van der Waals surface area contributed by atoms with Crippen molar-refractivity contribution in [2.75, 3.05) is 13.1 Å². The Morgan fingerprint density at radius 2 is 2.06 bits per heavy atom. The first-order valence-electron chi connectivity index (χ1n) is 5.25. The average molecular weight is 225 g/mol. The first-order valence-corrected chi connectivity index (χ1v) is 5.25. The summed E-state index contributed by atoms with van der Waals surface area (Å²) in [6, 6.07) is 2.24. The molecule has 1 aromatic heterocycles. The van der Waals surface area contributed by atoms with Crippen LogP contribution in [0.15, 0.2) is 12.1 Å². The fraction of sp³-hybridized carbons (Fsp3) is 0.364. The first-order chi connectivity index (χ1) is 7.70. The quantitative estimate of drug-likeness (QED) is 0.781. The van der Waals surface area contributed by atoms with Gasteiger partial charge in [0, 0.05) is 25.1 Å². The van der Waals surface area contributed by atoms with Gasteiger partial charge in [-0.1, -0.05) is 6.92 Å². The Morgan fingerprint density at radius 3 is 2.81 bits per heavy atom. The molecular formula is C11H13F2N3. The molecule has 0 saturated carbocycles. The number of nitrogens with zero attached hydrogens (tertiary/aromatic N) is 1. The van der Waals surface area contributed by atoms with Gasteiger partial charge in [-0.15, -0.1) is 0 Å². The lowest BCUT2D eigenvalue weighted by molar-refractivity contribution is 0.510. The smallest absolute Gasteiger partial charge is 0.161 e. The van der Waals surface area contributed by atoms with E-state index < -0.39 is 11.6 Å². The fourth-order valence-corrected chi connectivity index (χ4v) is 1.56. The SMILES string of the molecule is CCNCCc1nc2cc(F)c(F)cc2[nH]1. The molecule has 0 radical (unpaired) electrons. The number of rotatable bonds is 4. The Balaban J connectivity index is 2.23. The molecule has 0 aliphatic heterocycles. The summed E-state index contributed by atoms with van der Waals surface area (Å²) < 4.78 is 25.9. The highest BCUT2D eigenvalue weighted by Gasteiger charge is 2.08. The van der Waals surface area contributed by atoms with Gasteiger partial charge >= 0.3 is 0 Å². The van der Waals surface area contributed by atoms with Crippen molar-refractivity contribution in [3.63, 3.8) is 0 Å². The molecule has 86 valence electrons. The number of halogens is 2. The van der Waals surface area contributed by atoms with E-state index in [1.807, 2.05) is 6.92 Å². The predicted octanol–water partition coefficient (Wildman–Crippen LogP) is 1.99. The third kappa shape index (κ3) is 2.19. The lowest BCUT2D eigenvalue weighted by atomic mass is 10.3. The van der Waals surface area contributed by atoms with Crippen LogP contribution in [0.2, 0.25) is 0 Å². The van der Waals surface area contributed by atoms with E-state index in [0.717, 1.165) is 31.0 Å². The number of benzene rings is 1. The molecule has 0 fully saturated rings. The number of hydrogen-bond donors (Lipinski definition) is 2. The number of nitrogens with one attached hydrogen (secondary N) is 2. The maximum Gasteiger partial charge on any atom is 0.161 e. The number of aromatic amines is 1. The van der Waals surface area contributed by atoms with Gasteiger partial charge in [0.25, 0.3) is 0 Å². The lowest BCUT2D eigenvalue weighted by Crippen LogP contribution is -2.16. The molecule has 0 bridgehead atoms. The third-order valence-corrected chi connectivity index (χ3v) is 2.36. The minimum absolute atomic E-state index is 0.463. The summed E-state index contributed by atoms with van der Waals surface area (Å²) in [6.45, 7) is 3.70. The van der Waals surface area contributed by atoms with E-state index in [-0.39, 0.29) is 0 Å². The molecule has 2 aromatic rings. The van der Waals surface area contributed by atoms with Crippen molar-refractivity contribution in [3.05, 3.63) is 29.6 Å². The van der Waals surface area contributed by atoms with Crippen molar-refractivity contribution < 1.29 is 8.78 Å². The molecular weight excluding hydrogens is 212 g/mol. The fourth-order valence-electron chi connectivity index (χ4n) is 1.56. The summed E-state index contributed by atoms with van der Waals surface area (Å²) >= 11 is 0. The summed E-state index contributed by atoms with van der Waals surface area (Å²) in [5, 5.41) is 3.16. The van der Waals surface area contributed by atoms with Gasteiger partial charge < -0.3 is 10.3 Å². The van der Waals surface area contributed by atoms with E-state index in [0.29, 0.717) is 17.5 Å². The maximum atomic E-state index is 12.9. The van der Waals surface area contributed by atoms with Crippen LogP contribution >= 0.6 is 0 Å². The molecule has 0 unspecified atom stereocenters. The highest BCUT2D eigenvalue weighted by Crippen LogP contribution is 2.16. The molecule has 2 N–H and O–H groups in total. The zero-order valence-corrected chi connectivity index (χ0v) is 8.98. The molecule has 0 amide bonds. The van der Waals surface area contributed by atoms with Crippen LogP contribution in [0.1, 0.15) is 12.7 Å². The van der Waals surface area contributed by atoms with E-state index in [9.17, 15) is 8.78 Å². The second-order valence-corrected chi connectivity index (χ2v) is 3.57. The van der Waals surface area contributed by atoms with E-state index in [4.69, 9.17) is 0 Å². The van der Waals surface area contributed by atoms with Crippen LogP contribution in [0.4, 0.5) is 8.78 Å². The Kier molecular flexibility index (Phi) is 3.14. The summed E-state index contributed by atoms with van der Waals surface area (Å²) in [5.74, 6) is -0.979. The Morgan fingerprint density at radius 1 is 1.31 bits per heavy atom. The summed E-state index contributed by atoms with van der Waals surface area (Å²) in [5.41, 5.74) is 0.996. The molecule has 0 aliphatic rings. The molecule has 1 heterocycles. The highest BCUT2D eigenvalue weighted by molar-refractivity contribution is 5.75. The second-order valence-electron chi connectivity index (χ2n) is 3.57. The minimum Gasteiger partial charge on any atom is -0.342 e. The number of H-pyrrole nitrogens is 1. The zero-order chi connectivity index (χ0) is 11.5. The molecule has 0 aliphatic carbocycles. The van der Waals surface area contributed by atoms with Crippen LogP contribution in [0.3, 0.4) is 0 Å². The van der Waals surface area contributed by atoms with Gasteiger partial charge in [-0.3, -0.25) is 0 Å².